The first-order valence-corrected chi connectivity index (χ1v) is 11.0. The summed E-state index contributed by atoms with van der Waals surface area (Å²) in [5.41, 5.74) is 1.01. The molecular formula is C24H28N4O7. The zero-order chi connectivity index (χ0) is 25.2. The van der Waals surface area contributed by atoms with Crippen molar-refractivity contribution in [3.05, 3.63) is 47.9 Å². The molecule has 0 spiro atoms. The largest absolute Gasteiger partial charge is 0.493 e. The van der Waals surface area contributed by atoms with E-state index >= 15 is 0 Å². The van der Waals surface area contributed by atoms with E-state index in [1.165, 1.54) is 14.2 Å². The minimum absolute atomic E-state index is 0.161. The summed E-state index contributed by atoms with van der Waals surface area (Å²) < 4.78 is 26.6. The van der Waals surface area contributed by atoms with Crippen molar-refractivity contribution in [3.63, 3.8) is 0 Å². The Balaban J connectivity index is 1.53. The number of rotatable bonds is 12. The minimum atomic E-state index is -0.557. The lowest BCUT2D eigenvalue weighted by Gasteiger charge is -2.12. The molecule has 186 valence electrons. The SMILES string of the molecule is CCOc1ccc(C(=O)NCCNC(=O)c2nc(-c3ccc(OC)c(OC)c3)no2)cc1OCC. The molecule has 0 aliphatic heterocycles. The third-order valence-corrected chi connectivity index (χ3v) is 4.76. The summed E-state index contributed by atoms with van der Waals surface area (Å²) in [4.78, 5) is 28.9. The van der Waals surface area contributed by atoms with Gasteiger partial charge in [-0.15, -0.1) is 0 Å². The van der Waals surface area contributed by atoms with Crippen LogP contribution in [0.25, 0.3) is 11.4 Å². The summed E-state index contributed by atoms with van der Waals surface area (Å²) in [6, 6.07) is 10.1. The monoisotopic (exact) mass is 484 g/mol. The molecule has 2 aromatic carbocycles. The molecule has 0 unspecified atom stereocenters. The predicted octanol–water partition coefficient (Wildman–Crippen LogP) is 2.71. The fourth-order valence-corrected chi connectivity index (χ4v) is 3.13. The van der Waals surface area contributed by atoms with E-state index in [0.29, 0.717) is 47.3 Å². The van der Waals surface area contributed by atoms with E-state index in [1.807, 2.05) is 13.8 Å². The summed E-state index contributed by atoms with van der Waals surface area (Å²) in [5.74, 6) is 1.28. The number of carbonyl (C=O) groups excluding carboxylic acids is 2. The average Bonchev–Trinajstić information content (AvgIpc) is 3.37. The molecule has 0 aliphatic carbocycles. The molecule has 0 atom stereocenters. The highest BCUT2D eigenvalue weighted by Gasteiger charge is 2.17. The first-order chi connectivity index (χ1) is 17.0. The van der Waals surface area contributed by atoms with Gasteiger partial charge in [-0.3, -0.25) is 9.59 Å². The standard InChI is InChI=1S/C24H28N4O7/c1-5-33-18-10-8-16(14-20(18)34-6-2)22(29)25-11-12-26-23(30)24-27-21(28-35-24)15-7-9-17(31-3)19(13-15)32-4/h7-10,13-14H,5-6,11-12H2,1-4H3,(H,25,29)(H,26,30). The van der Waals surface area contributed by atoms with Gasteiger partial charge in [0, 0.05) is 24.2 Å². The van der Waals surface area contributed by atoms with Gasteiger partial charge in [-0.2, -0.15) is 4.98 Å². The molecule has 2 N–H and O–H groups in total. The smallest absolute Gasteiger partial charge is 0.316 e. The van der Waals surface area contributed by atoms with E-state index in [-0.39, 0.29) is 30.7 Å². The molecule has 35 heavy (non-hydrogen) atoms. The van der Waals surface area contributed by atoms with Crippen LogP contribution in [0.4, 0.5) is 0 Å². The zero-order valence-corrected chi connectivity index (χ0v) is 20.0. The van der Waals surface area contributed by atoms with Gasteiger partial charge in [-0.1, -0.05) is 5.16 Å². The Morgan fingerprint density at radius 1 is 0.829 bits per heavy atom. The minimum Gasteiger partial charge on any atom is -0.493 e. The second-order valence-corrected chi connectivity index (χ2v) is 7.03. The summed E-state index contributed by atoms with van der Waals surface area (Å²) in [7, 11) is 3.05. The van der Waals surface area contributed by atoms with E-state index in [0.717, 1.165) is 0 Å². The number of carbonyl (C=O) groups is 2. The number of aromatic nitrogens is 2. The van der Waals surface area contributed by atoms with Crippen LogP contribution in [0.2, 0.25) is 0 Å². The summed E-state index contributed by atoms with van der Waals surface area (Å²) >= 11 is 0. The summed E-state index contributed by atoms with van der Waals surface area (Å²) in [5, 5.41) is 9.21. The van der Waals surface area contributed by atoms with Crippen LogP contribution in [-0.4, -0.2) is 62.5 Å². The maximum atomic E-state index is 12.5. The molecule has 3 rings (SSSR count). The Morgan fingerprint density at radius 3 is 2.17 bits per heavy atom. The van der Waals surface area contributed by atoms with E-state index in [2.05, 4.69) is 20.8 Å². The van der Waals surface area contributed by atoms with Gasteiger partial charge < -0.3 is 34.1 Å². The summed E-state index contributed by atoms with van der Waals surface area (Å²) in [6.45, 7) is 5.01. The predicted molar refractivity (Wildman–Crippen MR) is 126 cm³/mol. The van der Waals surface area contributed by atoms with Gasteiger partial charge in [-0.25, -0.2) is 0 Å². The lowest BCUT2D eigenvalue weighted by atomic mass is 10.2. The molecule has 3 aromatic rings. The summed E-state index contributed by atoms with van der Waals surface area (Å²) in [6.07, 6.45) is 0. The molecule has 0 fully saturated rings. The van der Waals surface area contributed by atoms with Crippen molar-refractivity contribution >= 4 is 11.8 Å². The van der Waals surface area contributed by atoms with E-state index in [4.69, 9.17) is 23.5 Å². The van der Waals surface area contributed by atoms with Crippen LogP contribution in [-0.2, 0) is 0 Å². The van der Waals surface area contributed by atoms with Gasteiger partial charge in [0.05, 0.1) is 27.4 Å². The van der Waals surface area contributed by atoms with Gasteiger partial charge >= 0.3 is 11.8 Å². The Bertz CT molecular complexity index is 1160. The molecule has 0 radical (unpaired) electrons. The van der Waals surface area contributed by atoms with Crippen LogP contribution in [0.1, 0.15) is 34.9 Å². The highest BCUT2D eigenvalue weighted by atomic mass is 16.5. The molecule has 0 bridgehead atoms. The van der Waals surface area contributed by atoms with Crippen molar-refractivity contribution < 1.29 is 33.1 Å². The van der Waals surface area contributed by atoms with Crippen molar-refractivity contribution in [2.45, 2.75) is 13.8 Å². The van der Waals surface area contributed by atoms with Crippen LogP contribution in [0.3, 0.4) is 0 Å². The normalized spacial score (nSPS) is 10.4. The number of nitrogens with zero attached hydrogens (tertiary/aromatic N) is 2. The number of hydrogen-bond acceptors (Lipinski definition) is 9. The highest BCUT2D eigenvalue weighted by Crippen LogP contribution is 2.31. The Labute approximate surface area is 202 Å². The van der Waals surface area contributed by atoms with Crippen molar-refractivity contribution in [2.75, 3.05) is 40.5 Å². The average molecular weight is 485 g/mol. The molecular weight excluding hydrogens is 456 g/mol. The Morgan fingerprint density at radius 2 is 1.49 bits per heavy atom. The van der Waals surface area contributed by atoms with Crippen LogP contribution < -0.4 is 29.6 Å². The molecule has 1 heterocycles. The fraction of sp³-hybridized carbons (Fsp3) is 0.333. The van der Waals surface area contributed by atoms with Crippen molar-refractivity contribution in [1.29, 1.82) is 0 Å². The van der Waals surface area contributed by atoms with Gasteiger partial charge in [0.25, 0.3) is 5.91 Å². The van der Waals surface area contributed by atoms with Gasteiger partial charge in [-0.05, 0) is 50.2 Å². The van der Waals surface area contributed by atoms with Gasteiger partial charge in [0.1, 0.15) is 0 Å². The number of hydrogen-bond donors (Lipinski definition) is 2. The molecule has 0 aliphatic rings. The van der Waals surface area contributed by atoms with E-state index < -0.39 is 5.91 Å². The molecule has 2 amide bonds. The van der Waals surface area contributed by atoms with E-state index in [9.17, 15) is 9.59 Å². The Kier molecular flexibility index (Phi) is 8.88. The van der Waals surface area contributed by atoms with Gasteiger partial charge in [0.2, 0.25) is 5.82 Å². The molecule has 1 aromatic heterocycles. The Hall–Kier alpha value is -4.28. The van der Waals surface area contributed by atoms with Crippen molar-refractivity contribution in [2.24, 2.45) is 0 Å². The molecule has 11 heteroatoms. The molecule has 0 saturated heterocycles. The van der Waals surface area contributed by atoms with Crippen molar-refractivity contribution in [1.82, 2.24) is 20.8 Å². The highest BCUT2D eigenvalue weighted by molar-refractivity contribution is 5.95. The number of nitrogens with one attached hydrogen (secondary N) is 2. The van der Waals surface area contributed by atoms with E-state index in [1.54, 1.807) is 36.4 Å². The first-order valence-electron chi connectivity index (χ1n) is 11.0. The quantitative estimate of drug-likeness (QED) is 0.372. The third kappa shape index (κ3) is 6.40. The number of methoxy groups -OCH3 is 2. The van der Waals surface area contributed by atoms with Gasteiger partial charge in [0.15, 0.2) is 23.0 Å². The molecule has 11 nitrogen and oxygen atoms in total. The van der Waals surface area contributed by atoms with Crippen molar-refractivity contribution in [3.8, 4) is 34.4 Å². The number of benzene rings is 2. The maximum Gasteiger partial charge on any atom is 0.316 e. The lowest BCUT2D eigenvalue weighted by Crippen LogP contribution is -2.34. The lowest BCUT2D eigenvalue weighted by molar-refractivity contribution is 0.0898. The number of amides is 2. The van der Waals surface area contributed by atoms with Crippen LogP contribution in [0.5, 0.6) is 23.0 Å². The molecule has 0 saturated carbocycles. The zero-order valence-electron chi connectivity index (χ0n) is 20.0. The van der Waals surface area contributed by atoms with Crippen LogP contribution in [0.15, 0.2) is 40.9 Å². The fourth-order valence-electron chi connectivity index (χ4n) is 3.13. The second kappa shape index (κ2) is 12.3. The first kappa shape index (κ1) is 25.3. The third-order valence-electron chi connectivity index (χ3n) is 4.76. The van der Waals surface area contributed by atoms with Crippen LogP contribution >= 0.6 is 0 Å². The maximum absolute atomic E-state index is 12.5. The topological polar surface area (TPSA) is 134 Å². The van der Waals surface area contributed by atoms with Crippen LogP contribution in [0, 0.1) is 0 Å². The second-order valence-electron chi connectivity index (χ2n) is 7.03. The number of ether oxygens (including phenoxy) is 4.